The molecule has 3 rings (SSSR count). The van der Waals surface area contributed by atoms with Gasteiger partial charge in [0.25, 0.3) is 5.91 Å². The number of thiocarbonyl (C=S) groups is 1. The van der Waals surface area contributed by atoms with Crippen LogP contribution in [0.1, 0.15) is 12.5 Å². The summed E-state index contributed by atoms with van der Waals surface area (Å²) < 4.78 is 24.4. The third-order valence-corrected chi connectivity index (χ3v) is 4.97. The Balaban J connectivity index is 1.89. The Labute approximate surface area is 160 Å². The van der Waals surface area contributed by atoms with Gasteiger partial charge in [0.15, 0.2) is 15.8 Å². The number of nitrogens with zero attached hydrogens (tertiary/aromatic N) is 1. The average molecular weight is 389 g/mol. The third kappa shape index (κ3) is 3.73. The lowest BCUT2D eigenvalue weighted by Gasteiger charge is -2.14. The minimum absolute atomic E-state index is 0.237. The quantitative estimate of drug-likeness (QED) is 0.550. The van der Waals surface area contributed by atoms with E-state index in [1.165, 1.54) is 40.9 Å². The predicted molar refractivity (Wildman–Crippen MR) is 106 cm³/mol. The Morgan fingerprint density at radius 2 is 1.92 bits per heavy atom. The summed E-state index contributed by atoms with van der Waals surface area (Å²) in [4.78, 5) is 14.6. The van der Waals surface area contributed by atoms with Gasteiger partial charge in [-0.3, -0.25) is 9.69 Å². The van der Waals surface area contributed by atoms with Crippen LogP contribution in [0, 0.1) is 5.82 Å². The molecule has 0 radical (unpaired) electrons. The lowest BCUT2D eigenvalue weighted by atomic mass is 10.2. The van der Waals surface area contributed by atoms with Crippen molar-refractivity contribution in [1.82, 2.24) is 0 Å². The third-order valence-electron chi connectivity index (χ3n) is 3.66. The first kappa shape index (κ1) is 18.4. The second-order valence-electron chi connectivity index (χ2n) is 5.34. The second-order valence-corrected chi connectivity index (χ2v) is 7.01. The van der Waals surface area contributed by atoms with E-state index < -0.39 is 0 Å². The van der Waals surface area contributed by atoms with E-state index in [-0.39, 0.29) is 11.7 Å². The highest BCUT2D eigenvalue weighted by atomic mass is 32.2. The summed E-state index contributed by atoms with van der Waals surface area (Å²) in [5.74, 6) is 0.635. The fraction of sp³-hybridized carbons (Fsp3) is 0.158. The number of amides is 1. The van der Waals surface area contributed by atoms with Crippen LogP contribution in [0.4, 0.5) is 10.1 Å². The minimum Gasteiger partial charge on any atom is -0.493 e. The topological polar surface area (TPSA) is 38.8 Å². The van der Waals surface area contributed by atoms with Gasteiger partial charge in [-0.2, -0.15) is 0 Å². The fourth-order valence-electron chi connectivity index (χ4n) is 2.48. The van der Waals surface area contributed by atoms with Gasteiger partial charge in [0.1, 0.15) is 5.82 Å². The number of methoxy groups -OCH3 is 1. The van der Waals surface area contributed by atoms with Gasteiger partial charge >= 0.3 is 0 Å². The molecule has 2 aromatic carbocycles. The molecule has 0 spiro atoms. The number of carbonyl (C=O) groups is 1. The van der Waals surface area contributed by atoms with Crippen molar-refractivity contribution in [1.29, 1.82) is 0 Å². The number of thioether (sulfide) groups is 1. The van der Waals surface area contributed by atoms with Crippen LogP contribution < -0.4 is 14.4 Å². The fourth-order valence-corrected chi connectivity index (χ4v) is 3.78. The van der Waals surface area contributed by atoms with Gasteiger partial charge in [-0.15, -0.1) is 0 Å². The number of benzene rings is 2. The zero-order valence-electron chi connectivity index (χ0n) is 14.2. The summed E-state index contributed by atoms with van der Waals surface area (Å²) in [6, 6.07) is 11.1. The largest absolute Gasteiger partial charge is 0.493 e. The molecule has 0 N–H and O–H groups in total. The molecule has 1 heterocycles. The predicted octanol–water partition coefficient (Wildman–Crippen LogP) is 4.64. The molecule has 4 nitrogen and oxygen atoms in total. The zero-order valence-corrected chi connectivity index (χ0v) is 15.8. The molecule has 1 amide bonds. The number of ether oxygens (including phenoxy) is 2. The van der Waals surface area contributed by atoms with E-state index in [9.17, 15) is 9.18 Å². The Kier molecular flexibility index (Phi) is 5.58. The molecule has 0 bridgehead atoms. The van der Waals surface area contributed by atoms with Gasteiger partial charge in [-0.25, -0.2) is 4.39 Å². The highest BCUT2D eigenvalue weighted by Gasteiger charge is 2.33. The maximum Gasteiger partial charge on any atom is 0.270 e. The lowest BCUT2D eigenvalue weighted by molar-refractivity contribution is -0.113. The van der Waals surface area contributed by atoms with Crippen molar-refractivity contribution >= 4 is 46.0 Å². The van der Waals surface area contributed by atoms with Gasteiger partial charge in [-0.05, 0) is 55.0 Å². The second kappa shape index (κ2) is 7.88. The van der Waals surface area contributed by atoms with Crippen molar-refractivity contribution < 1.29 is 18.7 Å². The summed E-state index contributed by atoms with van der Waals surface area (Å²) in [6.07, 6.45) is 1.75. The van der Waals surface area contributed by atoms with Crippen molar-refractivity contribution in [2.45, 2.75) is 6.92 Å². The number of hydrogen-bond donors (Lipinski definition) is 0. The molecule has 2 aromatic rings. The van der Waals surface area contributed by atoms with Crippen molar-refractivity contribution in [3.8, 4) is 11.5 Å². The summed E-state index contributed by atoms with van der Waals surface area (Å²) >= 11 is 6.53. The Morgan fingerprint density at radius 3 is 2.58 bits per heavy atom. The molecule has 26 heavy (non-hydrogen) atoms. The van der Waals surface area contributed by atoms with Crippen LogP contribution in [0.15, 0.2) is 47.4 Å². The van der Waals surface area contributed by atoms with Gasteiger partial charge in [0.05, 0.1) is 24.3 Å². The van der Waals surface area contributed by atoms with Crippen LogP contribution in [0.2, 0.25) is 0 Å². The first-order valence-electron chi connectivity index (χ1n) is 7.88. The molecule has 1 aliphatic rings. The zero-order chi connectivity index (χ0) is 18.7. The van der Waals surface area contributed by atoms with Gasteiger partial charge in [0, 0.05) is 0 Å². The highest BCUT2D eigenvalue weighted by molar-refractivity contribution is 8.27. The van der Waals surface area contributed by atoms with Crippen LogP contribution >= 0.6 is 24.0 Å². The van der Waals surface area contributed by atoms with Crippen molar-refractivity contribution in [3.63, 3.8) is 0 Å². The SMILES string of the molecule is CCOc1ccc(/C=C2\SC(=S)N(c3ccc(F)cc3)C2=O)cc1OC. The number of anilines is 1. The summed E-state index contributed by atoms with van der Waals surface area (Å²) in [5, 5.41) is 0. The molecular weight excluding hydrogens is 373 g/mol. The number of halogens is 1. The standard InChI is InChI=1S/C19H16FNO3S2/c1-3-24-15-9-4-12(10-16(15)23-2)11-17-18(22)21(19(25)26-17)14-7-5-13(20)6-8-14/h4-11H,3H2,1-2H3/b17-11-. The average Bonchev–Trinajstić information content (AvgIpc) is 2.91. The van der Waals surface area contributed by atoms with Crippen LogP contribution in [-0.2, 0) is 4.79 Å². The van der Waals surface area contributed by atoms with Crippen LogP contribution in [0.3, 0.4) is 0 Å². The molecule has 0 aliphatic carbocycles. The Hall–Kier alpha value is -2.38. The summed E-state index contributed by atoms with van der Waals surface area (Å²) in [7, 11) is 1.57. The van der Waals surface area contributed by atoms with E-state index in [2.05, 4.69) is 0 Å². The Morgan fingerprint density at radius 1 is 1.19 bits per heavy atom. The number of hydrogen-bond acceptors (Lipinski definition) is 5. The summed E-state index contributed by atoms with van der Waals surface area (Å²) in [6.45, 7) is 2.43. The Bertz CT molecular complexity index is 881. The van der Waals surface area contributed by atoms with Crippen LogP contribution in [0.5, 0.6) is 11.5 Å². The monoisotopic (exact) mass is 389 g/mol. The van der Waals surface area contributed by atoms with Crippen molar-refractivity contribution in [2.75, 3.05) is 18.6 Å². The van der Waals surface area contributed by atoms with Crippen molar-refractivity contribution in [2.24, 2.45) is 0 Å². The van der Waals surface area contributed by atoms with Crippen LogP contribution in [-0.4, -0.2) is 23.9 Å². The first-order valence-corrected chi connectivity index (χ1v) is 9.10. The van der Waals surface area contributed by atoms with E-state index in [1.807, 2.05) is 13.0 Å². The van der Waals surface area contributed by atoms with E-state index in [0.29, 0.717) is 33.0 Å². The number of rotatable bonds is 5. The molecule has 7 heteroatoms. The maximum atomic E-state index is 13.1. The minimum atomic E-state index is -0.365. The number of carbonyl (C=O) groups excluding carboxylic acids is 1. The molecule has 1 fully saturated rings. The van der Waals surface area contributed by atoms with Gasteiger partial charge in [-0.1, -0.05) is 30.0 Å². The van der Waals surface area contributed by atoms with Crippen molar-refractivity contribution in [3.05, 3.63) is 58.8 Å². The molecule has 0 aromatic heterocycles. The van der Waals surface area contributed by atoms with E-state index in [4.69, 9.17) is 21.7 Å². The van der Waals surface area contributed by atoms with E-state index in [0.717, 1.165) is 5.56 Å². The summed E-state index contributed by atoms with van der Waals surface area (Å²) in [5.41, 5.74) is 1.34. The van der Waals surface area contributed by atoms with E-state index >= 15 is 0 Å². The van der Waals surface area contributed by atoms with Gasteiger partial charge in [0.2, 0.25) is 0 Å². The van der Waals surface area contributed by atoms with Crippen LogP contribution in [0.25, 0.3) is 6.08 Å². The van der Waals surface area contributed by atoms with Gasteiger partial charge < -0.3 is 9.47 Å². The highest BCUT2D eigenvalue weighted by Crippen LogP contribution is 2.37. The molecule has 1 aliphatic heterocycles. The molecular formula is C19H16FNO3S2. The molecule has 0 saturated carbocycles. The smallest absolute Gasteiger partial charge is 0.270 e. The molecule has 0 atom stereocenters. The molecule has 0 unspecified atom stereocenters. The first-order chi connectivity index (χ1) is 12.5. The maximum absolute atomic E-state index is 13.1. The normalized spacial score (nSPS) is 15.7. The molecule has 134 valence electrons. The molecule has 1 saturated heterocycles. The van der Waals surface area contributed by atoms with E-state index in [1.54, 1.807) is 25.3 Å². The lowest BCUT2D eigenvalue weighted by Crippen LogP contribution is -2.27.